The Labute approximate surface area is 130 Å². The first-order valence-corrected chi connectivity index (χ1v) is 7.70. The third-order valence-corrected chi connectivity index (χ3v) is 4.24. The van der Waals surface area contributed by atoms with Gasteiger partial charge in [-0.25, -0.2) is 0 Å². The summed E-state index contributed by atoms with van der Waals surface area (Å²) >= 11 is 0. The predicted molar refractivity (Wildman–Crippen MR) is 83.3 cm³/mol. The van der Waals surface area contributed by atoms with E-state index in [1.165, 1.54) is 0 Å². The Kier molecular flexibility index (Phi) is 5.41. The molecule has 1 amide bonds. The predicted octanol–water partition coefficient (Wildman–Crippen LogP) is 2.86. The Hall–Kier alpha value is -2.04. The van der Waals surface area contributed by atoms with Crippen molar-refractivity contribution in [2.45, 2.75) is 45.1 Å². The molecule has 2 rings (SSSR count). The number of amides is 1. The van der Waals surface area contributed by atoms with Gasteiger partial charge >= 0.3 is 5.97 Å². The molecule has 1 heterocycles. The lowest BCUT2D eigenvalue weighted by atomic mass is 9.96. The summed E-state index contributed by atoms with van der Waals surface area (Å²) in [5.74, 6) is -0.0797. The standard InChI is InChI=1S/C17H23NO4/c1-12-11-14(22-2)7-8-15(12)17(21)18-10-4-3-5-13(18)6-9-16(19)20/h7-8,11,13H,3-6,9-10H2,1-2H3,(H,19,20)/t13-/m1/s1. The highest BCUT2D eigenvalue weighted by Crippen LogP contribution is 2.25. The monoisotopic (exact) mass is 305 g/mol. The minimum absolute atomic E-state index is 0.00441. The van der Waals surface area contributed by atoms with Crippen molar-refractivity contribution < 1.29 is 19.4 Å². The van der Waals surface area contributed by atoms with Gasteiger partial charge in [0.05, 0.1) is 7.11 Å². The quantitative estimate of drug-likeness (QED) is 0.908. The molecule has 5 nitrogen and oxygen atoms in total. The molecular formula is C17H23NO4. The smallest absolute Gasteiger partial charge is 0.303 e. The average Bonchev–Trinajstić information content (AvgIpc) is 2.52. The molecular weight excluding hydrogens is 282 g/mol. The fourth-order valence-electron chi connectivity index (χ4n) is 3.02. The number of aliphatic carboxylic acids is 1. The SMILES string of the molecule is COc1ccc(C(=O)N2CCCC[C@@H]2CCC(=O)O)c(C)c1. The Morgan fingerprint density at radius 1 is 1.36 bits per heavy atom. The van der Waals surface area contributed by atoms with Crippen LogP contribution < -0.4 is 4.74 Å². The molecule has 1 fully saturated rings. The fourth-order valence-corrected chi connectivity index (χ4v) is 3.02. The van der Waals surface area contributed by atoms with Crippen molar-refractivity contribution in [2.24, 2.45) is 0 Å². The number of carboxylic acid groups (broad SMARTS) is 1. The van der Waals surface area contributed by atoms with E-state index in [0.717, 1.165) is 30.6 Å². The summed E-state index contributed by atoms with van der Waals surface area (Å²) in [5.41, 5.74) is 1.55. The Morgan fingerprint density at radius 3 is 2.77 bits per heavy atom. The number of benzene rings is 1. The van der Waals surface area contributed by atoms with Crippen LogP contribution in [0.25, 0.3) is 0 Å². The maximum atomic E-state index is 12.8. The van der Waals surface area contributed by atoms with Gasteiger partial charge in [-0.15, -0.1) is 0 Å². The van der Waals surface area contributed by atoms with Crippen molar-refractivity contribution in [1.82, 2.24) is 4.90 Å². The highest BCUT2D eigenvalue weighted by atomic mass is 16.5. The van der Waals surface area contributed by atoms with E-state index in [1.54, 1.807) is 19.2 Å². The van der Waals surface area contributed by atoms with Gasteiger partial charge in [-0.3, -0.25) is 9.59 Å². The summed E-state index contributed by atoms with van der Waals surface area (Å²) in [6, 6.07) is 5.46. The molecule has 1 atom stereocenters. The molecule has 1 aliphatic rings. The minimum atomic E-state index is -0.807. The number of aryl methyl sites for hydroxylation is 1. The van der Waals surface area contributed by atoms with Crippen LogP contribution in [0.5, 0.6) is 5.75 Å². The molecule has 1 saturated heterocycles. The molecule has 0 aliphatic carbocycles. The number of ether oxygens (including phenoxy) is 1. The average molecular weight is 305 g/mol. The highest BCUT2D eigenvalue weighted by Gasteiger charge is 2.28. The zero-order valence-electron chi connectivity index (χ0n) is 13.2. The summed E-state index contributed by atoms with van der Waals surface area (Å²) in [7, 11) is 1.60. The van der Waals surface area contributed by atoms with Crippen LogP contribution in [0.15, 0.2) is 18.2 Å². The van der Waals surface area contributed by atoms with Gasteiger partial charge in [0, 0.05) is 24.6 Å². The molecule has 0 radical (unpaired) electrons. The van der Waals surface area contributed by atoms with Gasteiger partial charge in [-0.2, -0.15) is 0 Å². The molecule has 1 aromatic carbocycles. The number of piperidine rings is 1. The van der Waals surface area contributed by atoms with Crippen LogP contribution in [-0.4, -0.2) is 41.6 Å². The number of nitrogens with zero attached hydrogens (tertiary/aromatic N) is 1. The molecule has 0 bridgehead atoms. The number of rotatable bonds is 5. The van der Waals surface area contributed by atoms with E-state index in [-0.39, 0.29) is 18.4 Å². The molecule has 22 heavy (non-hydrogen) atoms. The van der Waals surface area contributed by atoms with Crippen molar-refractivity contribution in [3.05, 3.63) is 29.3 Å². The molecule has 120 valence electrons. The number of carbonyl (C=O) groups excluding carboxylic acids is 1. The molecule has 1 aromatic rings. The van der Waals surface area contributed by atoms with E-state index in [2.05, 4.69) is 0 Å². The zero-order chi connectivity index (χ0) is 16.1. The Morgan fingerprint density at radius 2 is 2.14 bits per heavy atom. The van der Waals surface area contributed by atoms with E-state index in [4.69, 9.17) is 9.84 Å². The minimum Gasteiger partial charge on any atom is -0.497 e. The summed E-state index contributed by atoms with van der Waals surface area (Å²) in [5, 5.41) is 8.87. The van der Waals surface area contributed by atoms with Gasteiger partial charge in [0.2, 0.25) is 0 Å². The van der Waals surface area contributed by atoms with Crippen molar-refractivity contribution in [1.29, 1.82) is 0 Å². The van der Waals surface area contributed by atoms with E-state index in [9.17, 15) is 9.59 Å². The van der Waals surface area contributed by atoms with Crippen LogP contribution in [0.3, 0.4) is 0 Å². The first-order chi connectivity index (χ1) is 10.5. The summed E-state index contributed by atoms with van der Waals surface area (Å²) in [6.07, 6.45) is 3.54. The molecule has 5 heteroatoms. The lowest BCUT2D eigenvalue weighted by Crippen LogP contribution is -2.44. The van der Waals surface area contributed by atoms with E-state index in [1.807, 2.05) is 17.9 Å². The van der Waals surface area contributed by atoms with Gasteiger partial charge in [0.1, 0.15) is 5.75 Å². The lowest BCUT2D eigenvalue weighted by molar-refractivity contribution is -0.137. The van der Waals surface area contributed by atoms with E-state index in [0.29, 0.717) is 18.5 Å². The van der Waals surface area contributed by atoms with Crippen LogP contribution in [0.4, 0.5) is 0 Å². The van der Waals surface area contributed by atoms with Gasteiger partial charge in [-0.1, -0.05) is 0 Å². The molecule has 0 spiro atoms. The number of hydrogen-bond donors (Lipinski definition) is 1. The first kappa shape index (κ1) is 16.3. The third kappa shape index (κ3) is 3.78. The number of carbonyl (C=O) groups is 2. The van der Waals surface area contributed by atoms with Crippen molar-refractivity contribution in [3.63, 3.8) is 0 Å². The Balaban J connectivity index is 2.16. The van der Waals surface area contributed by atoms with Gasteiger partial charge in [-0.05, 0) is 56.4 Å². The fraction of sp³-hybridized carbons (Fsp3) is 0.529. The second-order valence-electron chi connectivity index (χ2n) is 5.76. The summed E-state index contributed by atoms with van der Waals surface area (Å²) in [6.45, 7) is 2.60. The van der Waals surface area contributed by atoms with Crippen LogP contribution in [0.2, 0.25) is 0 Å². The number of hydrogen-bond acceptors (Lipinski definition) is 3. The zero-order valence-corrected chi connectivity index (χ0v) is 13.2. The molecule has 0 unspecified atom stereocenters. The lowest BCUT2D eigenvalue weighted by Gasteiger charge is -2.36. The van der Waals surface area contributed by atoms with E-state index >= 15 is 0 Å². The maximum absolute atomic E-state index is 12.8. The van der Waals surface area contributed by atoms with E-state index < -0.39 is 5.97 Å². The number of carboxylic acids is 1. The molecule has 1 N–H and O–H groups in total. The van der Waals surface area contributed by atoms with Crippen LogP contribution >= 0.6 is 0 Å². The summed E-state index contributed by atoms with van der Waals surface area (Å²) < 4.78 is 5.17. The van der Waals surface area contributed by atoms with Gasteiger partial charge < -0.3 is 14.7 Å². The molecule has 1 aliphatic heterocycles. The largest absolute Gasteiger partial charge is 0.497 e. The maximum Gasteiger partial charge on any atom is 0.303 e. The molecule has 0 saturated carbocycles. The van der Waals surface area contributed by atoms with Gasteiger partial charge in [0.15, 0.2) is 0 Å². The number of methoxy groups -OCH3 is 1. The second kappa shape index (κ2) is 7.29. The molecule has 0 aromatic heterocycles. The van der Waals surface area contributed by atoms with Crippen LogP contribution in [0.1, 0.15) is 48.0 Å². The van der Waals surface area contributed by atoms with Crippen molar-refractivity contribution >= 4 is 11.9 Å². The Bertz CT molecular complexity index is 556. The normalized spacial score (nSPS) is 18.1. The van der Waals surface area contributed by atoms with Gasteiger partial charge in [0.25, 0.3) is 5.91 Å². The number of likely N-dealkylation sites (tertiary alicyclic amines) is 1. The van der Waals surface area contributed by atoms with Crippen molar-refractivity contribution in [3.8, 4) is 5.75 Å². The summed E-state index contributed by atoms with van der Waals surface area (Å²) in [4.78, 5) is 25.5. The highest BCUT2D eigenvalue weighted by molar-refractivity contribution is 5.96. The topological polar surface area (TPSA) is 66.8 Å². The van der Waals surface area contributed by atoms with Crippen molar-refractivity contribution in [2.75, 3.05) is 13.7 Å². The third-order valence-electron chi connectivity index (χ3n) is 4.24. The first-order valence-electron chi connectivity index (χ1n) is 7.70. The second-order valence-corrected chi connectivity index (χ2v) is 5.76. The van der Waals surface area contributed by atoms with Crippen LogP contribution in [0, 0.1) is 6.92 Å². The van der Waals surface area contributed by atoms with Crippen LogP contribution in [-0.2, 0) is 4.79 Å².